The molecule has 2 aromatic heterocycles. The zero-order chi connectivity index (χ0) is 32.0. The van der Waals surface area contributed by atoms with Crippen molar-refractivity contribution < 1.29 is 19.1 Å². The second kappa shape index (κ2) is 14.2. The van der Waals surface area contributed by atoms with E-state index in [1.807, 2.05) is 48.7 Å². The van der Waals surface area contributed by atoms with Gasteiger partial charge in [-0.2, -0.15) is 0 Å². The summed E-state index contributed by atoms with van der Waals surface area (Å²) in [5.41, 5.74) is 4.23. The highest BCUT2D eigenvalue weighted by Crippen LogP contribution is 2.36. The number of pyridine rings is 1. The van der Waals surface area contributed by atoms with Crippen LogP contribution in [0.25, 0.3) is 21.9 Å². The van der Waals surface area contributed by atoms with E-state index >= 15 is 0 Å². The predicted molar refractivity (Wildman–Crippen MR) is 179 cm³/mol. The van der Waals surface area contributed by atoms with Crippen LogP contribution >= 0.6 is 11.3 Å². The molecule has 2 aromatic carbocycles. The van der Waals surface area contributed by atoms with Crippen LogP contribution in [0.1, 0.15) is 43.1 Å². The zero-order valence-electron chi connectivity index (χ0n) is 26.2. The van der Waals surface area contributed by atoms with Crippen LogP contribution in [0.4, 0.5) is 16.2 Å². The van der Waals surface area contributed by atoms with Gasteiger partial charge in [0, 0.05) is 53.5 Å². The number of morpholine rings is 1. The summed E-state index contributed by atoms with van der Waals surface area (Å²) in [5, 5.41) is 13.3. The molecule has 0 bridgehead atoms. The van der Waals surface area contributed by atoms with Gasteiger partial charge in [0.05, 0.1) is 43.4 Å². The molecule has 1 aliphatic rings. The van der Waals surface area contributed by atoms with Gasteiger partial charge in [0.25, 0.3) is 0 Å². The monoisotopic (exact) mass is 628 g/mol. The number of nitrogens with one attached hydrogen (secondary N) is 4. The van der Waals surface area contributed by atoms with E-state index < -0.39 is 0 Å². The summed E-state index contributed by atoms with van der Waals surface area (Å²) in [5.74, 6) is -0.579. The fourth-order valence-electron chi connectivity index (χ4n) is 5.08. The molecule has 4 amide bonds. The first kappa shape index (κ1) is 32.1. The lowest BCUT2D eigenvalue weighted by atomic mass is 9.94. The maximum absolute atomic E-state index is 13.3. The number of carbonyl (C=O) groups excluding carboxylic acids is 3. The average molecular weight is 629 g/mol. The lowest BCUT2D eigenvalue weighted by Gasteiger charge is -2.26. The maximum atomic E-state index is 13.3. The van der Waals surface area contributed by atoms with Crippen LogP contribution in [0.2, 0.25) is 0 Å². The van der Waals surface area contributed by atoms with E-state index in [4.69, 9.17) is 9.72 Å². The third-order valence-electron chi connectivity index (χ3n) is 7.54. The van der Waals surface area contributed by atoms with Gasteiger partial charge in [0.1, 0.15) is 0 Å². The Labute approximate surface area is 267 Å². The molecule has 45 heavy (non-hydrogen) atoms. The van der Waals surface area contributed by atoms with Gasteiger partial charge in [-0.25, -0.2) is 4.79 Å². The Morgan fingerprint density at radius 2 is 1.67 bits per heavy atom. The Morgan fingerprint density at radius 3 is 2.36 bits per heavy atom. The van der Waals surface area contributed by atoms with Crippen molar-refractivity contribution in [1.82, 2.24) is 20.5 Å². The smallest absolute Gasteiger partial charge is 0.323 e. The third kappa shape index (κ3) is 8.44. The number of nitrogens with zero attached hydrogens (tertiary/aromatic N) is 2. The molecule has 236 valence electrons. The summed E-state index contributed by atoms with van der Waals surface area (Å²) in [6.07, 6.45) is 1.91. The number of amides is 4. The quantitative estimate of drug-likeness (QED) is 0.194. The highest BCUT2D eigenvalue weighted by atomic mass is 32.1. The first-order valence-corrected chi connectivity index (χ1v) is 15.9. The summed E-state index contributed by atoms with van der Waals surface area (Å²) < 4.78 is 5.45. The first-order chi connectivity index (χ1) is 21.6. The number of urea groups is 1. The minimum Gasteiger partial charge on any atom is -0.379 e. The molecule has 1 saturated heterocycles. The van der Waals surface area contributed by atoms with E-state index in [9.17, 15) is 14.4 Å². The number of thiophene rings is 1. The molecule has 0 atom stereocenters. The maximum Gasteiger partial charge on any atom is 0.323 e. The Balaban J connectivity index is 1.31. The largest absolute Gasteiger partial charge is 0.379 e. The molecular formula is C34H40N6O4S. The molecule has 3 heterocycles. The van der Waals surface area contributed by atoms with Crippen molar-refractivity contribution in [2.75, 3.05) is 43.5 Å². The third-order valence-corrected chi connectivity index (χ3v) is 9.10. The zero-order valence-corrected chi connectivity index (χ0v) is 27.0. The first-order valence-electron chi connectivity index (χ1n) is 15.1. The number of anilines is 2. The Bertz CT molecular complexity index is 1670. The molecule has 0 unspecified atom stereocenters. The van der Waals surface area contributed by atoms with Gasteiger partial charge in [-0.15, -0.1) is 11.3 Å². The van der Waals surface area contributed by atoms with Crippen molar-refractivity contribution in [3.8, 4) is 11.1 Å². The van der Waals surface area contributed by atoms with Crippen molar-refractivity contribution in [2.45, 2.75) is 46.2 Å². The van der Waals surface area contributed by atoms with E-state index in [1.165, 1.54) is 18.3 Å². The van der Waals surface area contributed by atoms with Crippen LogP contribution in [0, 0.1) is 0 Å². The van der Waals surface area contributed by atoms with Crippen molar-refractivity contribution in [2.24, 2.45) is 0 Å². The van der Waals surface area contributed by atoms with Gasteiger partial charge in [-0.1, -0.05) is 57.2 Å². The lowest BCUT2D eigenvalue weighted by molar-refractivity contribution is -0.125. The second-order valence-electron chi connectivity index (χ2n) is 12.1. The molecule has 5 rings (SSSR count). The Morgan fingerprint density at radius 1 is 0.933 bits per heavy atom. The van der Waals surface area contributed by atoms with Crippen LogP contribution in [0.15, 0.2) is 60.8 Å². The molecule has 4 N–H and O–H groups in total. The fourth-order valence-corrected chi connectivity index (χ4v) is 6.20. The van der Waals surface area contributed by atoms with Crippen molar-refractivity contribution in [3.63, 3.8) is 0 Å². The summed E-state index contributed by atoms with van der Waals surface area (Å²) in [6, 6.07) is 17.7. The molecule has 10 nitrogen and oxygen atoms in total. The van der Waals surface area contributed by atoms with Crippen LogP contribution in [0.3, 0.4) is 0 Å². The van der Waals surface area contributed by atoms with Gasteiger partial charge in [0.15, 0.2) is 0 Å². The van der Waals surface area contributed by atoms with Crippen LogP contribution in [0.5, 0.6) is 0 Å². The molecule has 1 fully saturated rings. The molecular weight excluding hydrogens is 588 g/mol. The van der Waals surface area contributed by atoms with E-state index in [0.717, 1.165) is 70.2 Å². The van der Waals surface area contributed by atoms with E-state index in [1.54, 1.807) is 0 Å². The number of ether oxygens (including phenoxy) is 1. The van der Waals surface area contributed by atoms with Crippen LogP contribution in [-0.2, 0) is 32.8 Å². The molecule has 0 saturated carbocycles. The summed E-state index contributed by atoms with van der Waals surface area (Å²) >= 11 is 1.54. The van der Waals surface area contributed by atoms with Crippen molar-refractivity contribution in [3.05, 3.63) is 76.2 Å². The summed E-state index contributed by atoms with van der Waals surface area (Å²) in [7, 11) is 0. The highest BCUT2D eigenvalue weighted by Gasteiger charge is 2.21. The van der Waals surface area contributed by atoms with E-state index in [2.05, 4.69) is 59.1 Å². The number of rotatable bonds is 9. The normalized spacial score (nSPS) is 13.8. The second-order valence-corrected chi connectivity index (χ2v) is 13.2. The molecule has 1 aliphatic heterocycles. The minimum absolute atomic E-state index is 0.103. The molecule has 4 aromatic rings. The van der Waals surface area contributed by atoms with E-state index in [-0.39, 0.29) is 36.3 Å². The van der Waals surface area contributed by atoms with Crippen molar-refractivity contribution >= 4 is 51.3 Å². The molecule has 0 radical (unpaired) electrons. The average Bonchev–Trinajstić information content (AvgIpc) is 3.43. The predicted octanol–water partition coefficient (Wildman–Crippen LogP) is 5.49. The van der Waals surface area contributed by atoms with Crippen molar-refractivity contribution in [1.29, 1.82) is 0 Å². The Hall–Kier alpha value is -4.32. The number of fused-ring (bicyclic) bond motifs is 1. The summed E-state index contributed by atoms with van der Waals surface area (Å²) in [4.78, 5) is 45.7. The van der Waals surface area contributed by atoms with Crippen LogP contribution in [-0.4, -0.2) is 60.6 Å². The minimum atomic E-state index is -0.383. The van der Waals surface area contributed by atoms with Crippen LogP contribution < -0.4 is 21.3 Å². The van der Waals surface area contributed by atoms with Gasteiger partial charge in [-0.3, -0.25) is 19.5 Å². The molecule has 0 spiro atoms. The fraction of sp³-hybridized carbons (Fsp3) is 0.353. The van der Waals surface area contributed by atoms with Gasteiger partial charge in [-0.05, 0) is 34.6 Å². The SMILES string of the molecule is CC(=O)NCC(=O)NCc1sc(C(C)(C)C)cc1NC(=O)Nc1ccc(-c2ccc(CN3CCOCC3)nc2)c2ccccc12. The van der Waals surface area contributed by atoms with E-state index in [0.29, 0.717) is 11.4 Å². The Kier molecular flexibility index (Phi) is 10.1. The lowest BCUT2D eigenvalue weighted by Crippen LogP contribution is -2.35. The topological polar surface area (TPSA) is 125 Å². The number of hydrogen-bond donors (Lipinski definition) is 4. The molecule has 0 aliphatic carbocycles. The number of benzene rings is 2. The van der Waals surface area contributed by atoms with Gasteiger partial charge in [0.2, 0.25) is 11.8 Å². The number of aromatic nitrogens is 1. The number of hydrogen-bond acceptors (Lipinski definition) is 7. The standard InChI is InChI=1S/C34H40N6O4S/c1-22(41)35-20-32(42)37-19-30-29(17-31(45-30)34(2,3)4)39-33(43)38-28-12-11-25(26-7-5-6-8-27(26)28)23-9-10-24(36-18-23)21-40-13-15-44-16-14-40/h5-12,17-18H,13-16,19-21H2,1-4H3,(H,35,41)(H,37,42)(H2,38,39,43). The highest BCUT2D eigenvalue weighted by molar-refractivity contribution is 7.12. The number of carbonyl (C=O) groups is 3. The van der Waals surface area contributed by atoms with Gasteiger partial charge < -0.3 is 26.0 Å². The molecule has 11 heteroatoms. The summed E-state index contributed by atoms with van der Waals surface area (Å²) in [6.45, 7) is 11.9. The van der Waals surface area contributed by atoms with Gasteiger partial charge >= 0.3 is 6.03 Å².